The van der Waals surface area contributed by atoms with Crippen LogP contribution >= 0.6 is 0 Å². The van der Waals surface area contributed by atoms with Crippen molar-refractivity contribution in [3.63, 3.8) is 0 Å². The highest BCUT2D eigenvalue weighted by Crippen LogP contribution is 2.18. The molecule has 1 aromatic rings. The van der Waals surface area contributed by atoms with E-state index < -0.39 is 0 Å². The van der Waals surface area contributed by atoms with Crippen molar-refractivity contribution >= 4 is 0 Å². The van der Waals surface area contributed by atoms with Gasteiger partial charge in [0.2, 0.25) is 0 Å². The molecule has 0 spiro atoms. The third-order valence-electron chi connectivity index (χ3n) is 3.20. The molecule has 2 heterocycles. The van der Waals surface area contributed by atoms with Gasteiger partial charge in [-0.25, -0.2) is 9.97 Å². The highest BCUT2D eigenvalue weighted by atomic mass is 16.5. The minimum Gasteiger partial charge on any atom is -0.467 e. The van der Waals surface area contributed by atoms with Gasteiger partial charge in [-0.2, -0.15) is 0 Å². The molecular weight excluding hydrogens is 202 g/mol. The highest BCUT2D eigenvalue weighted by Gasteiger charge is 2.18. The Labute approximate surface area is 96.4 Å². The third kappa shape index (κ3) is 2.32. The Kier molecular flexibility index (Phi) is 3.39. The normalized spacial score (nSPS) is 20.1. The van der Waals surface area contributed by atoms with Gasteiger partial charge in [0.15, 0.2) is 0 Å². The quantitative estimate of drug-likeness (QED) is 0.838. The van der Waals surface area contributed by atoms with E-state index >= 15 is 0 Å². The van der Waals surface area contributed by atoms with Crippen LogP contribution < -0.4 is 10.1 Å². The molecule has 0 amide bonds. The number of aromatic nitrogens is 2. The minimum atomic E-state index is 0.470. The number of methoxy groups -OCH3 is 1. The Hall–Kier alpha value is -1.16. The SMILES string of the molecule is COc1nc(C)c(CC2CCCN2)c(C)n1. The first kappa shape index (κ1) is 11.3. The van der Waals surface area contributed by atoms with Crippen molar-refractivity contribution < 1.29 is 4.74 Å². The molecule has 1 N–H and O–H groups in total. The molecule has 4 nitrogen and oxygen atoms in total. The van der Waals surface area contributed by atoms with E-state index in [1.54, 1.807) is 7.11 Å². The molecular formula is C12H19N3O. The third-order valence-corrected chi connectivity index (χ3v) is 3.20. The summed E-state index contributed by atoms with van der Waals surface area (Å²) >= 11 is 0. The molecule has 16 heavy (non-hydrogen) atoms. The van der Waals surface area contributed by atoms with Crippen molar-refractivity contribution in [2.75, 3.05) is 13.7 Å². The first-order valence-corrected chi connectivity index (χ1v) is 5.82. The van der Waals surface area contributed by atoms with Gasteiger partial charge in [-0.05, 0) is 45.2 Å². The monoisotopic (exact) mass is 221 g/mol. The molecule has 0 aliphatic carbocycles. The Bertz CT molecular complexity index is 350. The molecule has 4 heteroatoms. The van der Waals surface area contributed by atoms with E-state index in [9.17, 15) is 0 Å². The Balaban J connectivity index is 2.19. The molecule has 2 rings (SSSR count). The summed E-state index contributed by atoms with van der Waals surface area (Å²) in [6, 6.07) is 1.06. The predicted octanol–water partition coefficient (Wildman–Crippen LogP) is 1.40. The van der Waals surface area contributed by atoms with Crippen molar-refractivity contribution in [1.29, 1.82) is 0 Å². The summed E-state index contributed by atoms with van der Waals surface area (Å²) in [6.07, 6.45) is 3.56. The molecule has 1 aromatic heterocycles. The van der Waals surface area contributed by atoms with Crippen LogP contribution in [0.25, 0.3) is 0 Å². The van der Waals surface area contributed by atoms with Crippen LogP contribution in [-0.2, 0) is 6.42 Å². The summed E-state index contributed by atoms with van der Waals surface area (Å²) in [5.41, 5.74) is 3.34. The van der Waals surface area contributed by atoms with Crippen LogP contribution in [0, 0.1) is 13.8 Å². The second-order valence-electron chi connectivity index (χ2n) is 4.36. The molecule has 1 unspecified atom stereocenters. The molecule has 1 saturated heterocycles. The van der Waals surface area contributed by atoms with Crippen molar-refractivity contribution in [3.05, 3.63) is 17.0 Å². The largest absolute Gasteiger partial charge is 0.467 e. The summed E-state index contributed by atoms with van der Waals surface area (Å²) in [7, 11) is 1.60. The maximum Gasteiger partial charge on any atom is 0.316 e. The first-order valence-electron chi connectivity index (χ1n) is 5.82. The molecule has 1 aliphatic heterocycles. The number of ether oxygens (including phenoxy) is 1. The van der Waals surface area contributed by atoms with Gasteiger partial charge < -0.3 is 10.1 Å². The number of rotatable bonds is 3. The molecule has 88 valence electrons. The van der Waals surface area contributed by atoms with Crippen LogP contribution in [0.5, 0.6) is 6.01 Å². The fourth-order valence-corrected chi connectivity index (χ4v) is 2.27. The molecule has 0 bridgehead atoms. The average molecular weight is 221 g/mol. The zero-order chi connectivity index (χ0) is 11.5. The second kappa shape index (κ2) is 4.78. The molecule has 0 aromatic carbocycles. The minimum absolute atomic E-state index is 0.470. The second-order valence-corrected chi connectivity index (χ2v) is 4.36. The smallest absolute Gasteiger partial charge is 0.316 e. The van der Waals surface area contributed by atoms with Crippen molar-refractivity contribution in [1.82, 2.24) is 15.3 Å². The molecule has 0 radical (unpaired) electrons. The Morgan fingerprint density at radius 1 is 1.31 bits per heavy atom. The zero-order valence-electron chi connectivity index (χ0n) is 10.2. The number of aryl methyl sites for hydroxylation is 2. The van der Waals surface area contributed by atoms with Crippen LogP contribution in [0.1, 0.15) is 29.8 Å². The fraction of sp³-hybridized carbons (Fsp3) is 0.667. The first-order chi connectivity index (χ1) is 7.70. The highest BCUT2D eigenvalue weighted by molar-refractivity contribution is 5.26. The molecule has 1 atom stereocenters. The van der Waals surface area contributed by atoms with E-state index in [2.05, 4.69) is 15.3 Å². The lowest BCUT2D eigenvalue weighted by molar-refractivity contribution is 0.376. The summed E-state index contributed by atoms with van der Waals surface area (Å²) in [6.45, 7) is 5.20. The summed E-state index contributed by atoms with van der Waals surface area (Å²) in [5, 5.41) is 3.50. The van der Waals surface area contributed by atoms with Crippen molar-refractivity contribution in [2.45, 2.75) is 39.2 Å². The van der Waals surface area contributed by atoms with E-state index in [-0.39, 0.29) is 0 Å². The standard InChI is InChI=1S/C12H19N3O/c1-8-11(7-10-5-4-6-13-10)9(2)15-12(14-8)16-3/h10,13H,4-7H2,1-3H3. The summed E-state index contributed by atoms with van der Waals surface area (Å²) in [4.78, 5) is 8.67. The number of hydrogen-bond donors (Lipinski definition) is 1. The maximum atomic E-state index is 5.06. The summed E-state index contributed by atoms with van der Waals surface area (Å²) in [5.74, 6) is 0. The predicted molar refractivity (Wildman–Crippen MR) is 62.8 cm³/mol. The van der Waals surface area contributed by atoms with Gasteiger partial charge in [-0.3, -0.25) is 0 Å². The average Bonchev–Trinajstić information content (AvgIpc) is 2.75. The van der Waals surface area contributed by atoms with Gasteiger partial charge in [0.05, 0.1) is 7.11 Å². The van der Waals surface area contributed by atoms with Gasteiger partial charge >= 0.3 is 6.01 Å². The summed E-state index contributed by atoms with van der Waals surface area (Å²) < 4.78 is 5.06. The van der Waals surface area contributed by atoms with Crippen LogP contribution in [0.2, 0.25) is 0 Å². The topological polar surface area (TPSA) is 47.0 Å². The van der Waals surface area contributed by atoms with Crippen LogP contribution in [0.15, 0.2) is 0 Å². The lowest BCUT2D eigenvalue weighted by atomic mass is 10.0. The van der Waals surface area contributed by atoms with Crippen molar-refractivity contribution in [2.24, 2.45) is 0 Å². The van der Waals surface area contributed by atoms with Gasteiger partial charge in [0.25, 0.3) is 0 Å². The zero-order valence-corrected chi connectivity index (χ0v) is 10.2. The Morgan fingerprint density at radius 2 is 2.00 bits per heavy atom. The van der Waals surface area contributed by atoms with Gasteiger partial charge in [-0.1, -0.05) is 0 Å². The van der Waals surface area contributed by atoms with Gasteiger partial charge in [0.1, 0.15) is 0 Å². The van der Waals surface area contributed by atoms with Crippen LogP contribution in [-0.4, -0.2) is 29.7 Å². The van der Waals surface area contributed by atoms with Crippen LogP contribution in [0.3, 0.4) is 0 Å². The van der Waals surface area contributed by atoms with E-state index in [0.717, 1.165) is 24.4 Å². The maximum absolute atomic E-state index is 5.06. The lowest BCUT2D eigenvalue weighted by Crippen LogP contribution is -2.24. The Morgan fingerprint density at radius 3 is 2.50 bits per heavy atom. The fourth-order valence-electron chi connectivity index (χ4n) is 2.27. The number of nitrogens with one attached hydrogen (secondary N) is 1. The number of hydrogen-bond acceptors (Lipinski definition) is 4. The van der Waals surface area contributed by atoms with E-state index in [0.29, 0.717) is 12.1 Å². The molecule has 0 saturated carbocycles. The van der Waals surface area contributed by atoms with Crippen molar-refractivity contribution in [3.8, 4) is 6.01 Å². The molecule has 1 aliphatic rings. The molecule has 1 fully saturated rings. The van der Waals surface area contributed by atoms with E-state index in [1.807, 2.05) is 13.8 Å². The van der Waals surface area contributed by atoms with Crippen LogP contribution in [0.4, 0.5) is 0 Å². The lowest BCUT2D eigenvalue weighted by Gasteiger charge is -2.14. The van der Waals surface area contributed by atoms with Gasteiger partial charge in [0, 0.05) is 17.4 Å². The van der Waals surface area contributed by atoms with Gasteiger partial charge in [-0.15, -0.1) is 0 Å². The van der Waals surface area contributed by atoms with E-state index in [4.69, 9.17) is 4.74 Å². The van der Waals surface area contributed by atoms with E-state index in [1.165, 1.54) is 18.4 Å². The number of nitrogens with zero attached hydrogens (tertiary/aromatic N) is 2.